The average Bonchev–Trinajstić information content (AvgIpc) is 2.67. The molecule has 0 bridgehead atoms. The Morgan fingerprint density at radius 1 is 1.40 bits per heavy atom. The summed E-state index contributed by atoms with van der Waals surface area (Å²) < 4.78 is 28.3. The molecule has 1 atom stereocenters. The van der Waals surface area contributed by atoms with Crippen LogP contribution in [0.4, 0.5) is 0 Å². The van der Waals surface area contributed by atoms with Crippen molar-refractivity contribution in [1.82, 2.24) is 0 Å². The van der Waals surface area contributed by atoms with Crippen LogP contribution in [0.1, 0.15) is 39.5 Å². The maximum absolute atomic E-state index is 9.44. The molecular formula is C10H23NO3S. The van der Waals surface area contributed by atoms with Crippen LogP contribution in [0, 0.1) is 5.92 Å². The Labute approximate surface area is 93.2 Å². The smallest absolute Gasteiger partial charge is 0.0943 e. The molecule has 1 aliphatic rings. The Hall–Kier alpha value is -0.130. The molecule has 92 valence electrons. The third-order valence-electron chi connectivity index (χ3n) is 2.60. The van der Waals surface area contributed by atoms with Gasteiger partial charge in [-0.2, -0.15) is 0 Å². The van der Waals surface area contributed by atoms with Gasteiger partial charge in [-0.25, -0.2) is 8.42 Å². The molecule has 0 spiro atoms. The quantitative estimate of drug-likeness (QED) is 0.715. The molecule has 0 saturated carbocycles. The van der Waals surface area contributed by atoms with Crippen LogP contribution >= 0.6 is 0 Å². The normalized spacial score (nSPS) is 20.9. The number of rotatable bonds is 4. The van der Waals surface area contributed by atoms with Crippen LogP contribution in [-0.4, -0.2) is 31.8 Å². The topological polar surface area (TPSA) is 73.8 Å². The van der Waals surface area contributed by atoms with Crippen LogP contribution < -0.4 is 5.32 Å². The molecule has 0 aliphatic carbocycles. The highest BCUT2D eigenvalue weighted by Gasteiger charge is 2.16. The Kier molecular flexibility index (Phi) is 8.00. The maximum atomic E-state index is 9.44. The molecule has 1 saturated heterocycles. The molecule has 15 heavy (non-hydrogen) atoms. The summed E-state index contributed by atoms with van der Waals surface area (Å²) in [4.78, 5) is 0. The zero-order valence-electron chi connectivity index (χ0n) is 9.74. The summed E-state index contributed by atoms with van der Waals surface area (Å²) in [5, 5.41) is 2.44. The molecule has 1 heterocycles. The predicted octanol–water partition coefficient (Wildman–Crippen LogP) is 0.311. The van der Waals surface area contributed by atoms with Gasteiger partial charge in [-0.05, 0) is 6.42 Å². The average molecular weight is 237 g/mol. The fourth-order valence-corrected chi connectivity index (χ4v) is 1.58. The largest absolute Gasteiger partial charge is 0.748 e. The molecule has 1 aliphatic heterocycles. The summed E-state index contributed by atoms with van der Waals surface area (Å²) in [5.41, 5.74) is 0. The van der Waals surface area contributed by atoms with Crippen LogP contribution in [0.2, 0.25) is 0 Å². The van der Waals surface area contributed by atoms with Crippen molar-refractivity contribution in [2.75, 3.05) is 18.8 Å². The molecule has 0 amide bonds. The first-order valence-corrected chi connectivity index (χ1v) is 7.32. The lowest BCUT2D eigenvalue weighted by Crippen LogP contribution is -2.81. The van der Waals surface area contributed by atoms with E-state index >= 15 is 0 Å². The van der Waals surface area contributed by atoms with E-state index in [1.807, 2.05) is 0 Å². The number of hydrogen-bond donors (Lipinski definition) is 1. The molecule has 1 rings (SSSR count). The SMILES string of the molecule is CCCCC1CC[NH2+]C1.CCS(=O)(=O)[O-]. The van der Waals surface area contributed by atoms with Gasteiger partial charge < -0.3 is 9.87 Å². The first-order chi connectivity index (χ1) is 6.99. The van der Waals surface area contributed by atoms with Gasteiger partial charge in [0.1, 0.15) is 0 Å². The third-order valence-corrected chi connectivity index (χ3v) is 3.31. The van der Waals surface area contributed by atoms with Crippen LogP contribution in [-0.2, 0) is 10.1 Å². The molecular weight excluding hydrogens is 214 g/mol. The highest BCUT2D eigenvalue weighted by molar-refractivity contribution is 7.85. The highest BCUT2D eigenvalue weighted by atomic mass is 32.2. The van der Waals surface area contributed by atoms with E-state index in [2.05, 4.69) is 12.2 Å². The van der Waals surface area contributed by atoms with Crippen LogP contribution in [0.3, 0.4) is 0 Å². The summed E-state index contributed by atoms with van der Waals surface area (Å²) in [5.74, 6) is 0.748. The lowest BCUT2D eigenvalue weighted by molar-refractivity contribution is -0.638. The van der Waals surface area contributed by atoms with E-state index in [1.54, 1.807) is 0 Å². The molecule has 0 aromatic heterocycles. The number of unbranched alkanes of at least 4 members (excludes halogenated alkanes) is 1. The number of nitrogens with two attached hydrogens (primary N) is 1. The van der Waals surface area contributed by atoms with Crippen molar-refractivity contribution in [3.05, 3.63) is 0 Å². The molecule has 1 unspecified atom stereocenters. The van der Waals surface area contributed by atoms with E-state index in [0.717, 1.165) is 5.92 Å². The summed E-state index contributed by atoms with van der Waals surface area (Å²) >= 11 is 0. The molecule has 1 fully saturated rings. The van der Waals surface area contributed by atoms with E-state index < -0.39 is 10.1 Å². The van der Waals surface area contributed by atoms with Gasteiger partial charge in [0, 0.05) is 18.1 Å². The van der Waals surface area contributed by atoms with Crippen molar-refractivity contribution < 1.29 is 18.3 Å². The molecule has 4 nitrogen and oxygen atoms in total. The molecule has 2 N–H and O–H groups in total. The minimum atomic E-state index is -3.91. The zero-order valence-corrected chi connectivity index (χ0v) is 10.6. The van der Waals surface area contributed by atoms with E-state index in [-0.39, 0.29) is 5.75 Å². The number of quaternary nitrogens is 1. The second-order valence-electron chi connectivity index (χ2n) is 3.96. The summed E-state index contributed by atoms with van der Waals surface area (Å²) in [6.07, 6.45) is 5.77. The van der Waals surface area contributed by atoms with Crippen molar-refractivity contribution >= 4 is 10.1 Å². The monoisotopic (exact) mass is 237 g/mol. The summed E-state index contributed by atoms with van der Waals surface area (Å²) in [7, 11) is -3.91. The Bertz CT molecular complexity index is 233. The number of hydrogen-bond acceptors (Lipinski definition) is 3. The van der Waals surface area contributed by atoms with Crippen molar-refractivity contribution in [3.63, 3.8) is 0 Å². The van der Waals surface area contributed by atoms with Crippen LogP contribution in [0.5, 0.6) is 0 Å². The van der Waals surface area contributed by atoms with E-state index in [0.29, 0.717) is 0 Å². The van der Waals surface area contributed by atoms with Gasteiger partial charge in [-0.3, -0.25) is 0 Å². The van der Waals surface area contributed by atoms with Crippen molar-refractivity contribution in [2.24, 2.45) is 5.92 Å². The van der Waals surface area contributed by atoms with E-state index in [9.17, 15) is 13.0 Å². The lowest BCUT2D eigenvalue weighted by atomic mass is 10.0. The predicted molar refractivity (Wildman–Crippen MR) is 59.5 cm³/mol. The highest BCUT2D eigenvalue weighted by Crippen LogP contribution is 2.11. The van der Waals surface area contributed by atoms with Gasteiger partial charge in [0.2, 0.25) is 0 Å². The summed E-state index contributed by atoms with van der Waals surface area (Å²) in [6, 6.07) is 0. The van der Waals surface area contributed by atoms with Gasteiger partial charge in [0.05, 0.1) is 23.2 Å². The Morgan fingerprint density at radius 3 is 2.33 bits per heavy atom. The lowest BCUT2D eigenvalue weighted by Gasteiger charge is -2.01. The fourth-order valence-electron chi connectivity index (χ4n) is 1.58. The molecule has 0 aromatic carbocycles. The molecule has 0 aromatic rings. The second kappa shape index (κ2) is 8.07. The minimum Gasteiger partial charge on any atom is -0.748 e. The fraction of sp³-hybridized carbons (Fsp3) is 1.00. The maximum Gasteiger partial charge on any atom is 0.0943 e. The van der Waals surface area contributed by atoms with Gasteiger partial charge in [-0.1, -0.05) is 26.7 Å². The second-order valence-corrected chi connectivity index (χ2v) is 5.65. The van der Waals surface area contributed by atoms with E-state index in [1.165, 1.54) is 45.7 Å². The minimum absolute atomic E-state index is 0.312. The Morgan fingerprint density at radius 2 is 2.00 bits per heavy atom. The van der Waals surface area contributed by atoms with Gasteiger partial charge >= 0.3 is 0 Å². The van der Waals surface area contributed by atoms with E-state index in [4.69, 9.17) is 0 Å². The zero-order chi connectivity index (χ0) is 11.7. The standard InChI is InChI=1S/C8H17N.C2H6O3S/c1-2-3-4-8-5-6-9-7-8;1-2-6(3,4)5/h8-9H,2-7H2,1H3;2H2,1H3,(H,3,4,5). The first-order valence-electron chi connectivity index (χ1n) is 5.74. The van der Waals surface area contributed by atoms with Gasteiger partial charge in [-0.15, -0.1) is 0 Å². The van der Waals surface area contributed by atoms with Crippen molar-refractivity contribution in [1.29, 1.82) is 0 Å². The Balaban J connectivity index is 0.000000288. The first kappa shape index (κ1) is 14.9. The van der Waals surface area contributed by atoms with Crippen molar-refractivity contribution in [3.8, 4) is 0 Å². The van der Waals surface area contributed by atoms with Crippen molar-refractivity contribution in [2.45, 2.75) is 39.5 Å². The third kappa shape index (κ3) is 10.2. The molecule has 5 heteroatoms. The summed E-state index contributed by atoms with van der Waals surface area (Å²) in [6.45, 7) is 6.37. The van der Waals surface area contributed by atoms with Gasteiger partial charge in [0.25, 0.3) is 0 Å². The van der Waals surface area contributed by atoms with Crippen LogP contribution in [0.25, 0.3) is 0 Å². The molecule has 0 radical (unpaired) electrons. The van der Waals surface area contributed by atoms with Gasteiger partial charge in [0.15, 0.2) is 0 Å². The van der Waals surface area contributed by atoms with Crippen LogP contribution in [0.15, 0.2) is 0 Å².